The predicted molar refractivity (Wildman–Crippen MR) is 98.0 cm³/mol. The van der Waals surface area contributed by atoms with Crippen molar-refractivity contribution in [3.8, 4) is 6.07 Å². The molecule has 2 aromatic carbocycles. The molecule has 6 nitrogen and oxygen atoms in total. The Morgan fingerprint density at radius 2 is 1.64 bits per heavy atom. The summed E-state index contributed by atoms with van der Waals surface area (Å²) in [5.41, 5.74) is 5.74. The van der Waals surface area contributed by atoms with Gasteiger partial charge in [0.25, 0.3) is 0 Å². The molecule has 0 aromatic heterocycles. The van der Waals surface area contributed by atoms with Crippen molar-refractivity contribution in [2.24, 2.45) is 5.73 Å². The quantitative estimate of drug-likeness (QED) is 0.721. The highest BCUT2D eigenvalue weighted by molar-refractivity contribution is 8.05. The molecule has 1 amide bonds. The smallest absolute Gasteiger partial charge is 0.227 e. The Morgan fingerprint density at radius 3 is 2.16 bits per heavy atom. The van der Waals surface area contributed by atoms with Crippen molar-refractivity contribution in [3.63, 3.8) is 0 Å². The lowest BCUT2D eigenvalue weighted by molar-refractivity contribution is -0.115. The minimum atomic E-state index is -4.04. The van der Waals surface area contributed by atoms with Gasteiger partial charge in [-0.05, 0) is 24.3 Å². The predicted octanol–water partition coefficient (Wildman–Crippen LogP) is 2.48. The fourth-order valence-electron chi connectivity index (χ4n) is 1.90. The highest BCUT2D eigenvalue weighted by Crippen LogP contribution is 2.29. The van der Waals surface area contributed by atoms with E-state index in [1.807, 2.05) is 0 Å². The number of hydrogen-bond donors (Lipinski definition) is 2. The lowest BCUT2D eigenvalue weighted by atomic mass is 10.3. The van der Waals surface area contributed by atoms with Crippen molar-refractivity contribution >= 4 is 33.2 Å². The number of carbonyl (C=O) groups excluding carboxylic acids is 1. The minimum absolute atomic E-state index is 0.00131. The maximum absolute atomic E-state index is 12.8. The number of nitrogens with two attached hydrogens (primary N) is 1. The summed E-state index contributed by atoms with van der Waals surface area (Å²) in [6.45, 7) is 0. The van der Waals surface area contributed by atoms with Gasteiger partial charge in [0.15, 0.2) is 4.91 Å². The SMILES string of the molecule is N#C/C(=C(/Nc1ccccc1)SCC(N)=O)S(=O)(=O)c1ccccc1. The number of nitrogens with one attached hydrogen (secondary N) is 1. The number of carbonyl (C=O) groups is 1. The summed E-state index contributed by atoms with van der Waals surface area (Å²) in [4.78, 5) is 10.6. The third-order valence-corrected chi connectivity index (χ3v) is 5.90. The number of para-hydroxylation sites is 1. The summed E-state index contributed by atoms with van der Waals surface area (Å²) >= 11 is 0.871. The largest absolute Gasteiger partial charge is 0.369 e. The molecule has 2 rings (SSSR count). The van der Waals surface area contributed by atoms with Crippen LogP contribution in [0.25, 0.3) is 0 Å². The van der Waals surface area contributed by atoms with Crippen molar-refractivity contribution < 1.29 is 13.2 Å². The number of thioether (sulfide) groups is 1. The Labute approximate surface area is 150 Å². The van der Waals surface area contributed by atoms with Gasteiger partial charge in [-0.15, -0.1) is 0 Å². The van der Waals surface area contributed by atoms with E-state index in [-0.39, 0.29) is 15.7 Å². The molecule has 0 saturated heterocycles. The highest BCUT2D eigenvalue weighted by Gasteiger charge is 2.25. The first-order valence-electron chi connectivity index (χ1n) is 7.13. The summed E-state index contributed by atoms with van der Waals surface area (Å²) < 4.78 is 25.6. The number of benzene rings is 2. The van der Waals surface area contributed by atoms with Gasteiger partial charge in [-0.25, -0.2) is 8.42 Å². The molecular formula is C17H15N3O3S2. The van der Waals surface area contributed by atoms with Crippen LogP contribution in [-0.2, 0) is 14.6 Å². The first-order valence-corrected chi connectivity index (χ1v) is 9.59. The fourth-order valence-corrected chi connectivity index (χ4v) is 4.23. The second kappa shape index (κ2) is 8.37. The summed E-state index contributed by atoms with van der Waals surface area (Å²) in [7, 11) is -4.04. The van der Waals surface area contributed by atoms with Crippen LogP contribution in [-0.4, -0.2) is 20.1 Å². The topological polar surface area (TPSA) is 113 Å². The average Bonchev–Trinajstić information content (AvgIpc) is 2.61. The average molecular weight is 373 g/mol. The van der Waals surface area contributed by atoms with E-state index in [4.69, 9.17) is 5.73 Å². The van der Waals surface area contributed by atoms with Gasteiger partial charge in [-0.1, -0.05) is 48.2 Å². The van der Waals surface area contributed by atoms with E-state index >= 15 is 0 Å². The summed E-state index contributed by atoms with van der Waals surface area (Å²) in [5, 5.41) is 12.4. The molecule has 2 aromatic rings. The van der Waals surface area contributed by atoms with Crippen molar-refractivity contribution in [2.45, 2.75) is 4.90 Å². The van der Waals surface area contributed by atoms with E-state index in [2.05, 4.69) is 5.32 Å². The van der Waals surface area contributed by atoms with E-state index in [9.17, 15) is 18.5 Å². The third-order valence-electron chi connectivity index (χ3n) is 3.02. The van der Waals surface area contributed by atoms with Crippen LogP contribution in [0.1, 0.15) is 0 Å². The first-order chi connectivity index (χ1) is 11.9. The van der Waals surface area contributed by atoms with Crippen LogP contribution in [0.15, 0.2) is 75.5 Å². The van der Waals surface area contributed by atoms with Crippen LogP contribution in [0.2, 0.25) is 0 Å². The lowest BCUT2D eigenvalue weighted by Crippen LogP contribution is -2.16. The molecule has 0 atom stereocenters. The van der Waals surface area contributed by atoms with E-state index < -0.39 is 20.6 Å². The second-order valence-corrected chi connectivity index (χ2v) is 7.70. The molecule has 0 aliphatic carbocycles. The van der Waals surface area contributed by atoms with E-state index in [0.717, 1.165) is 11.8 Å². The molecule has 0 radical (unpaired) electrons. The van der Waals surface area contributed by atoms with Gasteiger partial charge in [0.1, 0.15) is 11.1 Å². The molecule has 0 heterocycles. The number of anilines is 1. The Balaban J connectivity index is 2.52. The molecule has 25 heavy (non-hydrogen) atoms. The van der Waals surface area contributed by atoms with Crippen LogP contribution in [0.3, 0.4) is 0 Å². The van der Waals surface area contributed by atoms with Gasteiger partial charge >= 0.3 is 0 Å². The van der Waals surface area contributed by atoms with Gasteiger partial charge in [0.05, 0.1) is 10.6 Å². The zero-order valence-corrected chi connectivity index (χ0v) is 14.7. The van der Waals surface area contributed by atoms with Crippen LogP contribution in [0.4, 0.5) is 5.69 Å². The number of amides is 1. The van der Waals surface area contributed by atoms with E-state index in [1.165, 1.54) is 12.1 Å². The molecule has 0 aliphatic rings. The van der Waals surface area contributed by atoms with Crippen LogP contribution in [0.5, 0.6) is 0 Å². The Bertz CT molecular complexity index is 919. The molecule has 0 aliphatic heterocycles. The lowest BCUT2D eigenvalue weighted by Gasteiger charge is -2.13. The Kier molecular flexibility index (Phi) is 6.22. The monoisotopic (exact) mass is 373 g/mol. The number of nitrogens with zero attached hydrogens (tertiary/aromatic N) is 1. The van der Waals surface area contributed by atoms with Crippen LogP contribution < -0.4 is 11.1 Å². The van der Waals surface area contributed by atoms with Crippen molar-refractivity contribution in [1.82, 2.24) is 0 Å². The van der Waals surface area contributed by atoms with Crippen LogP contribution in [0, 0.1) is 11.3 Å². The number of primary amides is 1. The number of rotatable bonds is 7. The molecule has 3 N–H and O–H groups in total. The normalized spacial score (nSPS) is 12.0. The molecule has 0 saturated carbocycles. The van der Waals surface area contributed by atoms with Crippen molar-refractivity contribution in [1.29, 1.82) is 5.26 Å². The molecule has 8 heteroatoms. The fraction of sp³-hybridized carbons (Fsp3) is 0.0588. The number of nitriles is 1. The van der Waals surface area contributed by atoms with Crippen molar-refractivity contribution in [3.05, 3.63) is 70.6 Å². The number of hydrogen-bond acceptors (Lipinski definition) is 6. The molecule has 128 valence electrons. The third kappa shape index (κ3) is 4.86. The summed E-state index contributed by atoms with van der Waals surface area (Å²) in [6.07, 6.45) is 0. The maximum Gasteiger partial charge on any atom is 0.227 e. The van der Waals surface area contributed by atoms with E-state index in [0.29, 0.717) is 5.69 Å². The zero-order chi connectivity index (χ0) is 18.3. The van der Waals surface area contributed by atoms with E-state index in [1.54, 1.807) is 54.6 Å². The Hall–Kier alpha value is -2.76. The summed E-state index contributed by atoms with van der Waals surface area (Å²) in [5.74, 6) is -0.781. The van der Waals surface area contributed by atoms with Gasteiger partial charge in [-0.3, -0.25) is 4.79 Å². The number of allylic oxidation sites excluding steroid dienone is 1. The van der Waals surface area contributed by atoms with Gasteiger partial charge < -0.3 is 11.1 Å². The first kappa shape index (κ1) is 18.6. The highest BCUT2D eigenvalue weighted by atomic mass is 32.2. The molecule has 0 unspecified atom stereocenters. The Morgan fingerprint density at radius 1 is 1.08 bits per heavy atom. The molecule has 0 spiro atoms. The zero-order valence-electron chi connectivity index (χ0n) is 13.0. The number of sulfone groups is 1. The van der Waals surface area contributed by atoms with Gasteiger partial charge in [-0.2, -0.15) is 5.26 Å². The second-order valence-electron chi connectivity index (χ2n) is 4.83. The maximum atomic E-state index is 12.8. The van der Waals surface area contributed by atoms with Crippen molar-refractivity contribution in [2.75, 3.05) is 11.1 Å². The summed E-state index contributed by atoms with van der Waals surface area (Å²) in [6, 6.07) is 18.1. The molecule has 0 bridgehead atoms. The van der Waals surface area contributed by atoms with Gasteiger partial charge in [0.2, 0.25) is 15.7 Å². The molecular weight excluding hydrogens is 358 g/mol. The van der Waals surface area contributed by atoms with Gasteiger partial charge in [0, 0.05) is 5.69 Å². The molecule has 0 fully saturated rings. The standard InChI is InChI=1S/C17H15N3O3S2/c18-11-15(25(22,23)14-9-5-2-6-10-14)17(24-12-16(19)21)20-13-7-3-1-4-8-13/h1-10,20H,12H2,(H2,19,21)/b17-15+. The van der Waals surface area contributed by atoms with Crippen LogP contribution >= 0.6 is 11.8 Å². The minimum Gasteiger partial charge on any atom is -0.369 e.